The second-order valence-corrected chi connectivity index (χ2v) is 5.51. The first-order valence-electron chi connectivity index (χ1n) is 7.17. The van der Waals surface area contributed by atoms with Crippen LogP contribution in [0.25, 0.3) is 0 Å². The summed E-state index contributed by atoms with van der Waals surface area (Å²) in [6.07, 6.45) is 4.55. The molecule has 1 aliphatic rings. The van der Waals surface area contributed by atoms with Crippen molar-refractivity contribution < 1.29 is 5.11 Å². The van der Waals surface area contributed by atoms with Crippen molar-refractivity contribution in [3.63, 3.8) is 0 Å². The Kier molecular flexibility index (Phi) is 4.77. The lowest BCUT2D eigenvalue weighted by atomic mass is 10.0. The van der Waals surface area contributed by atoms with Gasteiger partial charge in [-0.1, -0.05) is 6.92 Å². The van der Waals surface area contributed by atoms with Gasteiger partial charge < -0.3 is 14.9 Å². The molecule has 4 nitrogen and oxygen atoms in total. The second-order valence-electron chi connectivity index (χ2n) is 5.51. The van der Waals surface area contributed by atoms with E-state index in [0.717, 1.165) is 24.5 Å². The fourth-order valence-corrected chi connectivity index (χ4v) is 2.61. The molecule has 2 rings (SSSR count). The maximum Gasteiger partial charge on any atom is 0.0957 e. The average Bonchev–Trinajstić information content (AvgIpc) is 2.46. The van der Waals surface area contributed by atoms with E-state index in [2.05, 4.69) is 34.9 Å². The third-order valence-electron chi connectivity index (χ3n) is 4.14. The van der Waals surface area contributed by atoms with Crippen LogP contribution in [0.3, 0.4) is 0 Å². The minimum Gasteiger partial charge on any atom is -0.387 e. The number of aliphatic hydroxyl groups excluding tert-OH is 1. The lowest BCUT2D eigenvalue weighted by Crippen LogP contribution is -2.42. The summed E-state index contributed by atoms with van der Waals surface area (Å²) in [6.45, 7) is 4.29. The Bertz CT molecular complexity index is 385. The first kappa shape index (κ1) is 14.3. The van der Waals surface area contributed by atoms with Gasteiger partial charge in [0.15, 0.2) is 0 Å². The maximum atomic E-state index is 9.76. The molecule has 1 N–H and O–H groups in total. The SMILES string of the molecule is CCC(O)c1ccc(N(C)C2CCN(C)CC2)cn1. The van der Waals surface area contributed by atoms with Gasteiger partial charge >= 0.3 is 0 Å². The van der Waals surface area contributed by atoms with Crippen molar-refractivity contribution in [2.75, 3.05) is 32.1 Å². The van der Waals surface area contributed by atoms with E-state index < -0.39 is 6.10 Å². The molecule has 106 valence electrons. The Hall–Kier alpha value is -1.13. The van der Waals surface area contributed by atoms with Crippen LogP contribution in [0.2, 0.25) is 0 Å². The summed E-state index contributed by atoms with van der Waals surface area (Å²) in [4.78, 5) is 9.08. The van der Waals surface area contributed by atoms with E-state index in [0.29, 0.717) is 12.5 Å². The number of rotatable bonds is 4. The molecule has 4 heteroatoms. The Morgan fingerprint density at radius 3 is 2.63 bits per heavy atom. The van der Waals surface area contributed by atoms with Gasteiger partial charge in [-0.2, -0.15) is 0 Å². The monoisotopic (exact) mass is 263 g/mol. The highest BCUT2D eigenvalue weighted by Crippen LogP contribution is 2.22. The smallest absolute Gasteiger partial charge is 0.0957 e. The first-order valence-corrected chi connectivity index (χ1v) is 7.17. The molecule has 1 aromatic rings. The molecule has 0 spiro atoms. The van der Waals surface area contributed by atoms with Gasteiger partial charge in [-0.3, -0.25) is 4.98 Å². The lowest BCUT2D eigenvalue weighted by molar-refractivity contribution is 0.169. The van der Waals surface area contributed by atoms with E-state index in [1.165, 1.54) is 12.8 Å². The topological polar surface area (TPSA) is 39.6 Å². The number of aliphatic hydroxyl groups is 1. The van der Waals surface area contributed by atoms with Crippen LogP contribution in [-0.2, 0) is 0 Å². The van der Waals surface area contributed by atoms with E-state index in [1.807, 2.05) is 19.2 Å². The number of hydrogen-bond donors (Lipinski definition) is 1. The van der Waals surface area contributed by atoms with Crippen LogP contribution in [0.1, 0.15) is 38.0 Å². The molecule has 1 saturated heterocycles. The van der Waals surface area contributed by atoms with Crippen LogP contribution in [0, 0.1) is 0 Å². The zero-order valence-electron chi connectivity index (χ0n) is 12.2. The normalized spacial score (nSPS) is 19.4. The van der Waals surface area contributed by atoms with Gasteiger partial charge in [0.05, 0.1) is 23.7 Å². The zero-order chi connectivity index (χ0) is 13.8. The summed E-state index contributed by atoms with van der Waals surface area (Å²) in [6, 6.07) is 4.61. The molecule has 0 saturated carbocycles. The molecule has 2 heterocycles. The molecule has 0 aliphatic carbocycles. The largest absolute Gasteiger partial charge is 0.387 e. The fraction of sp³-hybridized carbons (Fsp3) is 0.667. The molecule has 19 heavy (non-hydrogen) atoms. The zero-order valence-corrected chi connectivity index (χ0v) is 12.2. The molecule has 1 fully saturated rings. The minimum absolute atomic E-state index is 0.442. The standard InChI is InChI=1S/C15H25N3O/c1-4-15(19)14-6-5-13(11-16-14)18(3)12-7-9-17(2)10-8-12/h5-6,11-12,15,19H,4,7-10H2,1-3H3. The highest BCUT2D eigenvalue weighted by Gasteiger charge is 2.21. The van der Waals surface area contributed by atoms with Gasteiger partial charge in [0.2, 0.25) is 0 Å². The lowest BCUT2D eigenvalue weighted by Gasteiger charge is -2.36. The number of piperidine rings is 1. The van der Waals surface area contributed by atoms with Gasteiger partial charge in [-0.25, -0.2) is 0 Å². The third kappa shape index (κ3) is 3.45. The molecule has 1 aromatic heterocycles. The van der Waals surface area contributed by atoms with Crippen molar-refractivity contribution >= 4 is 5.69 Å². The van der Waals surface area contributed by atoms with Crippen molar-refractivity contribution in [2.45, 2.75) is 38.3 Å². The van der Waals surface area contributed by atoms with Crippen LogP contribution in [0.4, 0.5) is 5.69 Å². The predicted molar refractivity (Wildman–Crippen MR) is 78.4 cm³/mol. The van der Waals surface area contributed by atoms with Crippen LogP contribution in [-0.4, -0.2) is 48.2 Å². The minimum atomic E-state index is -0.442. The maximum absolute atomic E-state index is 9.76. The average molecular weight is 263 g/mol. The highest BCUT2D eigenvalue weighted by molar-refractivity contribution is 5.45. The van der Waals surface area contributed by atoms with Crippen molar-refractivity contribution in [3.8, 4) is 0 Å². The summed E-state index contributed by atoms with van der Waals surface area (Å²) in [5.74, 6) is 0. The van der Waals surface area contributed by atoms with E-state index in [9.17, 15) is 5.11 Å². The number of pyridine rings is 1. The quantitative estimate of drug-likeness (QED) is 0.902. The Morgan fingerprint density at radius 2 is 2.11 bits per heavy atom. The van der Waals surface area contributed by atoms with Crippen molar-refractivity contribution in [2.24, 2.45) is 0 Å². The Labute approximate surface area is 116 Å². The summed E-state index contributed by atoms with van der Waals surface area (Å²) in [5.41, 5.74) is 1.91. The Balaban J connectivity index is 2.01. The van der Waals surface area contributed by atoms with Crippen LogP contribution >= 0.6 is 0 Å². The van der Waals surface area contributed by atoms with E-state index in [4.69, 9.17) is 0 Å². The summed E-state index contributed by atoms with van der Waals surface area (Å²) in [7, 11) is 4.32. The Morgan fingerprint density at radius 1 is 1.42 bits per heavy atom. The summed E-state index contributed by atoms with van der Waals surface area (Å²) in [5, 5.41) is 9.76. The molecule has 1 atom stereocenters. The third-order valence-corrected chi connectivity index (χ3v) is 4.14. The highest BCUT2D eigenvalue weighted by atomic mass is 16.3. The van der Waals surface area contributed by atoms with E-state index >= 15 is 0 Å². The fourth-order valence-electron chi connectivity index (χ4n) is 2.61. The van der Waals surface area contributed by atoms with Gasteiger partial charge in [-0.05, 0) is 51.5 Å². The number of aromatic nitrogens is 1. The van der Waals surface area contributed by atoms with Gasteiger partial charge in [0.1, 0.15) is 0 Å². The molecule has 0 aromatic carbocycles. The number of hydrogen-bond acceptors (Lipinski definition) is 4. The molecule has 1 unspecified atom stereocenters. The van der Waals surface area contributed by atoms with E-state index in [-0.39, 0.29) is 0 Å². The summed E-state index contributed by atoms with van der Waals surface area (Å²) >= 11 is 0. The van der Waals surface area contributed by atoms with Crippen molar-refractivity contribution in [1.29, 1.82) is 0 Å². The first-order chi connectivity index (χ1) is 9.11. The molecule has 0 bridgehead atoms. The molecular weight excluding hydrogens is 238 g/mol. The molecular formula is C15H25N3O. The number of anilines is 1. The predicted octanol–water partition coefficient (Wildman–Crippen LogP) is 2.06. The van der Waals surface area contributed by atoms with Gasteiger partial charge in [0, 0.05) is 13.1 Å². The molecule has 0 amide bonds. The van der Waals surface area contributed by atoms with Crippen molar-refractivity contribution in [3.05, 3.63) is 24.0 Å². The van der Waals surface area contributed by atoms with Crippen LogP contribution in [0.5, 0.6) is 0 Å². The number of likely N-dealkylation sites (tertiary alicyclic amines) is 1. The van der Waals surface area contributed by atoms with Crippen molar-refractivity contribution in [1.82, 2.24) is 9.88 Å². The molecule has 0 radical (unpaired) electrons. The van der Waals surface area contributed by atoms with Crippen LogP contribution in [0.15, 0.2) is 18.3 Å². The molecule has 1 aliphatic heterocycles. The van der Waals surface area contributed by atoms with E-state index in [1.54, 1.807) is 0 Å². The summed E-state index contributed by atoms with van der Waals surface area (Å²) < 4.78 is 0. The van der Waals surface area contributed by atoms with Gasteiger partial charge in [-0.15, -0.1) is 0 Å². The van der Waals surface area contributed by atoms with Gasteiger partial charge in [0.25, 0.3) is 0 Å². The van der Waals surface area contributed by atoms with Crippen LogP contribution < -0.4 is 4.90 Å². The number of nitrogens with zero attached hydrogens (tertiary/aromatic N) is 3. The second kappa shape index (κ2) is 6.35.